The number of aromatic amines is 1. The Kier molecular flexibility index (Phi) is 4.86. The lowest BCUT2D eigenvalue weighted by Gasteiger charge is -2.41. The van der Waals surface area contributed by atoms with E-state index in [0.29, 0.717) is 43.5 Å². The molecule has 0 radical (unpaired) electrons. The normalized spacial score (nSPS) is 18.5. The molecule has 0 spiro atoms. The maximum atomic E-state index is 11.9. The summed E-state index contributed by atoms with van der Waals surface area (Å²) in [5.74, 6) is 1.03. The van der Waals surface area contributed by atoms with E-state index in [9.17, 15) is 10.1 Å². The molecule has 0 amide bonds. The summed E-state index contributed by atoms with van der Waals surface area (Å²) in [5.41, 5.74) is 4.02. The van der Waals surface area contributed by atoms with Crippen LogP contribution in [0, 0.1) is 18.4 Å². The van der Waals surface area contributed by atoms with Crippen molar-refractivity contribution in [2.45, 2.75) is 26.5 Å². The third-order valence-corrected chi connectivity index (χ3v) is 5.95. The molecular weight excluding hydrogens is 408 g/mol. The minimum absolute atomic E-state index is 0.0620. The molecule has 2 aliphatic heterocycles. The van der Waals surface area contributed by atoms with Gasteiger partial charge in [0.05, 0.1) is 10.9 Å². The van der Waals surface area contributed by atoms with Crippen LogP contribution in [0.5, 0.6) is 0 Å². The van der Waals surface area contributed by atoms with Crippen LogP contribution < -0.4 is 10.2 Å². The molecule has 0 saturated carbocycles. The maximum absolute atomic E-state index is 11.9. The summed E-state index contributed by atoms with van der Waals surface area (Å²) in [6.45, 7) is 6.49. The molecule has 32 heavy (non-hydrogen) atoms. The summed E-state index contributed by atoms with van der Waals surface area (Å²) in [6.07, 6.45) is 5.41. The molecule has 5 rings (SSSR count). The molecule has 0 aliphatic carbocycles. The van der Waals surface area contributed by atoms with E-state index in [1.165, 1.54) is 0 Å². The Hall–Kier alpha value is -4.13. The number of piperazine rings is 1. The van der Waals surface area contributed by atoms with Gasteiger partial charge in [-0.3, -0.25) is 0 Å². The molecule has 1 fully saturated rings. The van der Waals surface area contributed by atoms with Crippen LogP contribution in [0.4, 0.5) is 11.5 Å². The maximum Gasteiger partial charge on any atom is 0.338 e. The number of nitrogens with one attached hydrogen (secondary N) is 2. The van der Waals surface area contributed by atoms with Gasteiger partial charge < -0.3 is 24.8 Å². The standard InChI is InChI=1S/C22H22N8O2/c1-13-8-24-19-18(13)20(27-12-26-19)29-5-6-30(14(2)9-29)22(25-11-23)28-16-4-3-15-10-32-21(31)17(15)7-16/h3-4,7-8,12,14H,5-6,9-10H2,1-2H3,(H,25,28)(H,24,26,27). The van der Waals surface area contributed by atoms with Crippen LogP contribution in [-0.2, 0) is 11.3 Å². The quantitative estimate of drug-likeness (QED) is 0.275. The second kappa shape index (κ2) is 7.85. The van der Waals surface area contributed by atoms with E-state index in [1.807, 2.05) is 31.4 Å². The molecule has 10 nitrogen and oxygen atoms in total. The van der Waals surface area contributed by atoms with Gasteiger partial charge in [-0.05, 0) is 31.5 Å². The van der Waals surface area contributed by atoms with Crippen LogP contribution in [0.2, 0.25) is 0 Å². The Morgan fingerprint density at radius 2 is 2.25 bits per heavy atom. The van der Waals surface area contributed by atoms with E-state index in [-0.39, 0.29) is 12.0 Å². The molecule has 10 heteroatoms. The van der Waals surface area contributed by atoms with Crippen LogP contribution in [0.1, 0.15) is 28.4 Å². The third kappa shape index (κ3) is 3.37. The summed E-state index contributed by atoms with van der Waals surface area (Å²) < 4.78 is 5.07. The largest absolute Gasteiger partial charge is 0.457 e. The number of benzene rings is 1. The second-order valence-corrected chi connectivity index (χ2v) is 7.99. The number of aliphatic imine (C=N–C) groups is 1. The predicted molar refractivity (Wildman–Crippen MR) is 119 cm³/mol. The number of H-pyrrole nitrogens is 1. The van der Waals surface area contributed by atoms with Gasteiger partial charge in [0, 0.05) is 43.1 Å². The van der Waals surface area contributed by atoms with Crippen LogP contribution in [0.25, 0.3) is 11.0 Å². The number of nitriles is 1. The van der Waals surface area contributed by atoms with Gasteiger partial charge >= 0.3 is 5.97 Å². The van der Waals surface area contributed by atoms with Crippen molar-refractivity contribution in [1.82, 2.24) is 19.9 Å². The first-order valence-corrected chi connectivity index (χ1v) is 10.4. The van der Waals surface area contributed by atoms with Crippen LogP contribution in [-0.4, -0.2) is 57.5 Å². The van der Waals surface area contributed by atoms with Crippen LogP contribution >= 0.6 is 0 Å². The highest BCUT2D eigenvalue weighted by Crippen LogP contribution is 2.28. The van der Waals surface area contributed by atoms with Crippen molar-refractivity contribution in [1.29, 1.82) is 5.26 Å². The number of anilines is 2. The number of rotatable bonds is 2. The number of aryl methyl sites for hydroxylation is 1. The first kappa shape index (κ1) is 19.8. The minimum Gasteiger partial charge on any atom is -0.457 e. The Bertz CT molecular complexity index is 1270. The second-order valence-electron chi connectivity index (χ2n) is 7.99. The SMILES string of the molecule is Cc1c[nH]c2ncnc(N3CCN(C(=NC#N)Nc4ccc5c(c4)C(=O)OC5)C(C)C3)c12. The summed E-state index contributed by atoms with van der Waals surface area (Å²) >= 11 is 0. The fourth-order valence-corrected chi connectivity index (χ4v) is 4.33. The number of guanidine groups is 1. The van der Waals surface area contributed by atoms with Crippen molar-refractivity contribution in [3.63, 3.8) is 0 Å². The number of aromatic nitrogens is 3. The molecule has 2 aliphatic rings. The highest BCUT2D eigenvalue weighted by molar-refractivity contribution is 5.98. The van der Waals surface area contributed by atoms with Crippen LogP contribution in [0.3, 0.4) is 0 Å². The van der Waals surface area contributed by atoms with E-state index in [0.717, 1.165) is 28.0 Å². The Balaban J connectivity index is 1.36. The summed E-state index contributed by atoms with van der Waals surface area (Å²) in [7, 11) is 0. The number of ether oxygens (including phenoxy) is 1. The zero-order chi connectivity index (χ0) is 22.2. The number of nitrogens with zero attached hydrogens (tertiary/aromatic N) is 6. The van der Waals surface area contributed by atoms with E-state index >= 15 is 0 Å². The monoisotopic (exact) mass is 430 g/mol. The number of fused-ring (bicyclic) bond motifs is 2. The van der Waals surface area contributed by atoms with Crippen molar-refractivity contribution < 1.29 is 9.53 Å². The lowest BCUT2D eigenvalue weighted by molar-refractivity contribution is 0.0535. The topological polar surface area (TPSA) is 123 Å². The number of carbonyl (C=O) groups is 1. The highest BCUT2D eigenvalue weighted by Gasteiger charge is 2.29. The van der Waals surface area contributed by atoms with E-state index in [1.54, 1.807) is 12.4 Å². The van der Waals surface area contributed by atoms with Gasteiger partial charge in [0.15, 0.2) is 0 Å². The van der Waals surface area contributed by atoms with Crippen molar-refractivity contribution in [2.75, 3.05) is 29.9 Å². The predicted octanol–water partition coefficient (Wildman–Crippen LogP) is 2.40. The van der Waals surface area contributed by atoms with Gasteiger partial charge in [-0.2, -0.15) is 5.26 Å². The van der Waals surface area contributed by atoms with Crippen molar-refractivity contribution in [3.05, 3.63) is 47.4 Å². The zero-order valence-corrected chi connectivity index (χ0v) is 17.8. The molecule has 1 aromatic carbocycles. The number of cyclic esters (lactones) is 1. The fourth-order valence-electron chi connectivity index (χ4n) is 4.33. The van der Waals surface area contributed by atoms with E-state index in [4.69, 9.17) is 4.74 Å². The summed E-state index contributed by atoms with van der Waals surface area (Å²) in [5, 5.41) is 13.5. The van der Waals surface area contributed by atoms with Gasteiger partial charge in [-0.25, -0.2) is 14.8 Å². The molecule has 1 atom stereocenters. The average molecular weight is 430 g/mol. The molecule has 1 saturated heterocycles. The third-order valence-electron chi connectivity index (χ3n) is 5.95. The number of esters is 1. The summed E-state index contributed by atoms with van der Waals surface area (Å²) in [6, 6.07) is 5.52. The Morgan fingerprint density at radius 3 is 3.06 bits per heavy atom. The number of carbonyl (C=O) groups excluding carboxylic acids is 1. The van der Waals surface area contributed by atoms with Crippen molar-refractivity contribution in [2.24, 2.45) is 4.99 Å². The first-order valence-electron chi connectivity index (χ1n) is 10.4. The average Bonchev–Trinajstić information content (AvgIpc) is 3.36. The van der Waals surface area contributed by atoms with Gasteiger partial charge in [0.2, 0.25) is 12.2 Å². The smallest absolute Gasteiger partial charge is 0.338 e. The van der Waals surface area contributed by atoms with Crippen molar-refractivity contribution >= 4 is 34.5 Å². The number of hydrogen-bond donors (Lipinski definition) is 2. The first-order chi connectivity index (χ1) is 15.5. The Labute approximate surface area is 184 Å². The van der Waals surface area contributed by atoms with E-state index in [2.05, 4.69) is 42.0 Å². The fraction of sp³-hybridized carbons (Fsp3) is 0.318. The minimum atomic E-state index is -0.333. The molecule has 0 bridgehead atoms. The van der Waals surface area contributed by atoms with E-state index < -0.39 is 0 Å². The molecule has 1 unspecified atom stereocenters. The highest BCUT2D eigenvalue weighted by atomic mass is 16.5. The number of hydrogen-bond acceptors (Lipinski definition) is 7. The summed E-state index contributed by atoms with van der Waals surface area (Å²) in [4.78, 5) is 32.3. The van der Waals surface area contributed by atoms with Gasteiger partial charge in [0.1, 0.15) is 24.4 Å². The van der Waals surface area contributed by atoms with Gasteiger partial charge in [-0.1, -0.05) is 6.07 Å². The van der Waals surface area contributed by atoms with Crippen molar-refractivity contribution in [3.8, 4) is 6.19 Å². The molecule has 2 aromatic heterocycles. The lowest BCUT2D eigenvalue weighted by atomic mass is 10.1. The van der Waals surface area contributed by atoms with Crippen LogP contribution in [0.15, 0.2) is 35.7 Å². The Morgan fingerprint density at radius 1 is 1.38 bits per heavy atom. The van der Waals surface area contributed by atoms with Gasteiger partial charge in [-0.15, -0.1) is 4.99 Å². The zero-order valence-electron chi connectivity index (χ0n) is 17.8. The molecular formula is C22H22N8O2. The lowest BCUT2D eigenvalue weighted by Crippen LogP contribution is -2.56. The molecule has 2 N–H and O–H groups in total. The molecule has 3 aromatic rings. The molecule has 4 heterocycles. The van der Waals surface area contributed by atoms with Gasteiger partial charge in [0.25, 0.3) is 0 Å². The molecule has 162 valence electrons.